The number of carbonyl (C=O) groups is 1. The molecule has 0 saturated carbocycles. The highest BCUT2D eigenvalue weighted by molar-refractivity contribution is 5.68. The molecule has 0 fully saturated rings. The van der Waals surface area contributed by atoms with Gasteiger partial charge < -0.3 is 19.5 Å². The van der Waals surface area contributed by atoms with Crippen LogP contribution in [-0.2, 0) is 4.79 Å². The van der Waals surface area contributed by atoms with Gasteiger partial charge in [-0.25, -0.2) is 0 Å². The summed E-state index contributed by atoms with van der Waals surface area (Å²) < 4.78 is 1.35. The van der Waals surface area contributed by atoms with E-state index < -0.39 is 12.1 Å². The summed E-state index contributed by atoms with van der Waals surface area (Å²) in [5.74, 6) is -1.44. The van der Waals surface area contributed by atoms with Crippen molar-refractivity contribution < 1.29 is 19.5 Å². The van der Waals surface area contributed by atoms with Crippen molar-refractivity contribution in [2.24, 2.45) is 0 Å². The van der Waals surface area contributed by atoms with Crippen LogP contribution >= 0.6 is 0 Å². The van der Waals surface area contributed by atoms with E-state index in [9.17, 15) is 9.90 Å². The standard InChI is InChI=1S/C22H48N.C3H6O3/c1-5-8-11-14-17-20-23(4,21-18-15-12-9-6-2)22-19-16-13-10-7-3;1-2(4)3(5)6/h5-22H2,1-4H3;2,4H,1H3,(H,5,6)/q+1;/p-1. The van der Waals surface area contributed by atoms with Crippen LogP contribution in [0.15, 0.2) is 0 Å². The lowest BCUT2D eigenvalue weighted by atomic mass is 10.1. The molecule has 0 aliphatic heterocycles. The van der Waals surface area contributed by atoms with E-state index in [4.69, 9.17) is 5.11 Å². The molecule has 0 rings (SSSR count). The molecule has 0 aliphatic rings. The summed E-state index contributed by atoms with van der Waals surface area (Å²) in [7, 11) is 2.54. The Hall–Kier alpha value is -0.610. The fourth-order valence-corrected chi connectivity index (χ4v) is 3.63. The third-order valence-electron chi connectivity index (χ3n) is 5.75. The summed E-state index contributed by atoms with van der Waals surface area (Å²) in [4.78, 5) is 9.34. The van der Waals surface area contributed by atoms with E-state index in [-0.39, 0.29) is 0 Å². The zero-order chi connectivity index (χ0) is 22.4. The molecular weight excluding hydrogens is 362 g/mol. The topological polar surface area (TPSA) is 60.4 Å². The molecule has 4 nitrogen and oxygen atoms in total. The Labute approximate surface area is 182 Å². The maximum atomic E-state index is 9.34. The Balaban J connectivity index is 0. The monoisotopic (exact) mass is 415 g/mol. The van der Waals surface area contributed by atoms with Crippen molar-refractivity contribution >= 4 is 5.97 Å². The highest BCUT2D eigenvalue weighted by Gasteiger charge is 2.19. The highest BCUT2D eigenvalue weighted by Crippen LogP contribution is 2.15. The maximum absolute atomic E-state index is 9.34. The van der Waals surface area contributed by atoms with Crippen molar-refractivity contribution in [1.29, 1.82) is 0 Å². The number of hydrogen-bond acceptors (Lipinski definition) is 3. The molecule has 176 valence electrons. The summed E-state index contributed by atoms with van der Waals surface area (Å²) in [6, 6.07) is 0. The first-order chi connectivity index (χ1) is 13.8. The van der Waals surface area contributed by atoms with Crippen LogP contribution in [0.1, 0.15) is 124 Å². The largest absolute Gasteiger partial charge is 0.547 e. The fourth-order valence-electron chi connectivity index (χ4n) is 3.63. The minimum atomic E-state index is -1.44. The Bertz CT molecular complexity index is 309. The van der Waals surface area contributed by atoms with E-state index in [0.29, 0.717) is 0 Å². The molecule has 1 atom stereocenters. The molecule has 0 radical (unpaired) electrons. The number of unbranched alkanes of at least 4 members (excludes halogenated alkanes) is 12. The van der Waals surface area contributed by atoms with Gasteiger partial charge in [0.25, 0.3) is 0 Å². The number of carboxylic acids is 1. The molecule has 0 aliphatic carbocycles. The maximum Gasteiger partial charge on any atom is 0.0905 e. The van der Waals surface area contributed by atoms with Crippen LogP contribution < -0.4 is 5.11 Å². The number of quaternary nitrogens is 1. The van der Waals surface area contributed by atoms with Gasteiger partial charge in [-0.1, -0.05) is 78.6 Å². The van der Waals surface area contributed by atoms with Crippen molar-refractivity contribution in [2.75, 3.05) is 26.7 Å². The number of carboxylic acid groups (broad SMARTS) is 1. The SMILES string of the molecule is CC(O)C(=O)[O-].CCCCCCC[N+](C)(CCCCCCC)CCCCCCC. The zero-order valence-corrected chi connectivity index (χ0v) is 20.5. The molecule has 1 N–H and O–H groups in total. The third-order valence-corrected chi connectivity index (χ3v) is 5.75. The fraction of sp³-hybridized carbons (Fsp3) is 0.960. The quantitative estimate of drug-likeness (QED) is 0.225. The molecule has 0 spiro atoms. The van der Waals surface area contributed by atoms with Gasteiger partial charge in [-0.3, -0.25) is 0 Å². The first kappa shape index (κ1) is 30.6. The summed E-state index contributed by atoms with van der Waals surface area (Å²) in [6.07, 6.45) is 20.1. The number of carbonyl (C=O) groups excluding carboxylic acids is 1. The third kappa shape index (κ3) is 23.5. The lowest BCUT2D eigenvalue weighted by Gasteiger charge is -2.35. The van der Waals surface area contributed by atoms with E-state index in [2.05, 4.69) is 27.8 Å². The second-order valence-electron chi connectivity index (χ2n) is 9.03. The van der Waals surface area contributed by atoms with Gasteiger partial charge in [0.15, 0.2) is 0 Å². The molecule has 0 saturated heterocycles. The number of aliphatic hydroxyl groups excluding tert-OH is 1. The van der Waals surface area contributed by atoms with Gasteiger partial charge in [0, 0.05) is 0 Å². The molecule has 0 aromatic carbocycles. The molecular formula is C25H53NO3. The molecule has 0 heterocycles. The second kappa shape index (κ2) is 22.1. The average Bonchev–Trinajstić information content (AvgIpc) is 2.68. The van der Waals surface area contributed by atoms with Crippen molar-refractivity contribution in [3.8, 4) is 0 Å². The van der Waals surface area contributed by atoms with Gasteiger partial charge >= 0.3 is 0 Å². The Morgan fingerprint density at radius 2 is 0.931 bits per heavy atom. The van der Waals surface area contributed by atoms with Crippen LogP contribution in [0.4, 0.5) is 0 Å². The minimum Gasteiger partial charge on any atom is -0.547 e. The first-order valence-electron chi connectivity index (χ1n) is 12.5. The Morgan fingerprint density at radius 1 is 0.690 bits per heavy atom. The van der Waals surface area contributed by atoms with Crippen LogP contribution in [-0.4, -0.2) is 48.3 Å². The molecule has 1 unspecified atom stereocenters. The Kier molecular flexibility index (Phi) is 23.3. The molecule has 0 aromatic rings. The highest BCUT2D eigenvalue weighted by atomic mass is 16.4. The normalized spacial score (nSPS) is 12.3. The second-order valence-corrected chi connectivity index (χ2v) is 9.03. The summed E-state index contributed by atoms with van der Waals surface area (Å²) in [6.45, 7) is 12.3. The van der Waals surface area contributed by atoms with Crippen LogP contribution in [0.5, 0.6) is 0 Å². The van der Waals surface area contributed by atoms with Crippen molar-refractivity contribution in [3.63, 3.8) is 0 Å². The van der Waals surface area contributed by atoms with Gasteiger partial charge in [0.05, 0.1) is 38.8 Å². The molecule has 0 amide bonds. The van der Waals surface area contributed by atoms with Crippen LogP contribution in [0.3, 0.4) is 0 Å². The van der Waals surface area contributed by atoms with Crippen molar-refractivity contribution in [2.45, 2.75) is 130 Å². The van der Waals surface area contributed by atoms with E-state index in [1.54, 1.807) is 0 Å². The van der Waals surface area contributed by atoms with Gasteiger partial charge in [0.2, 0.25) is 0 Å². The molecule has 0 bridgehead atoms. The molecule has 0 aromatic heterocycles. The summed E-state index contributed by atoms with van der Waals surface area (Å²) in [5, 5.41) is 17.3. The summed E-state index contributed by atoms with van der Waals surface area (Å²) in [5.41, 5.74) is 0. The van der Waals surface area contributed by atoms with Gasteiger partial charge in [-0.15, -0.1) is 0 Å². The predicted octanol–water partition coefficient (Wildman–Crippen LogP) is 5.46. The van der Waals surface area contributed by atoms with Crippen molar-refractivity contribution in [3.05, 3.63) is 0 Å². The minimum absolute atomic E-state index is 1.13. The smallest absolute Gasteiger partial charge is 0.0905 e. The van der Waals surface area contributed by atoms with Gasteiger partial charge in [-0.05, 0) is 45.4 Å². The lowest BCUT2D eigenvalue weighted by Crippen LogP contribution is -2.46. The van der Waals surface area contributed by atoms with E-state index >= 15 is 0 Å². The molecule has 29 heavy (non-hydrogen) atoms. The molecule has 4 heteroatoms. The van der Waals surface area contributed by atoms with Crippen molar-refractivity contribution in [1.82, 2.24) is 0 Å². The lowest BCUT2D eigenvalue weighted by molar-refractivity contribution is -0.910. The van der Waals surface area contributed by atoms with Crippen LogP contribution in [0.25, 0.3) is 0 Å². The first-order valence-corrected chi connectivity index (χ1v) is 12.5. The van der Waals surface area contributed by atoms with E-state index in [1.165, 1.54) is 120 Å². The zero-order valence-electron chi connectivity index (χ0n) is 20.5. The number of aliphatic hydroxyl groups is 1. The summed E-state index contributed by atoms with van der Waals surface area (Å²) >= 11 is 0. The average molecular weight is 416 g/mol. The van der Waals surface area contributed by atoms with E-state index in [1.807, 2.05) is 0 Å². The number of aliphatic carboxylic acids is 1. The van der Waals surface area contributed by atoms with Crippen LogP contribution in [0.2, 0.25) is 0 Å². The van der Waals surface area contributed by atoms with Gasteiger partial charge in [-0.2, -0.15) is 0 Å². The Morgan fingerprint density at radius 3 is 1.14 bits per heavy atom. The van der Waals surface area contributed by atoms with E-state index in [0.717, 1.165) is 6.92 Å². The number of hydrogen-bond donors (Lipinski definition) is 1. The number of nitrogens with zero attached hydrogens (tertiary/aromatic N) is 1. The van der Waals surface area contributed by atoms with Crippen LogP contribution in [0, 0.1) is 0 Å². The van der Waals surface area contributed by atoms with Gasteiger partial charge in [0.1, 0.15) is 0 Å². The predicted molar refractivity (Wildman–Crippen MR) is 124 cm³/mol. The number of rotatable bonds is 19.